The molecule has 1 N–H and O–H groups in total. The summed E-state index contributed by atoms with van der Waals surface area (Å²) in [5, 5.41) is 4.05. The van der Waals surface area contributed by atoms with Crippen LogP contribution in [-0.2, 0) is 6.54 Å². The molecule has 0 unspecified atom stereocenters. The Balaban J connectivity index is 2.17. The van der Waals surface area contributed by atoms with E-state index in [0.717, 1.165) is 22.9 Å². The van der Waals surface area contributed by atoms with E-state index >= 15 is 0 Å². The Morgan fingerprint density at radius 3 is 2.95 bits per heavy atom. The van der Waals surface area contributed by atoms with E-state index in [1.54, 1.807) is 12.3 Å². The maximum absolute atomic E-state index is 13.9. The number of nitrogens with zero attached hydrogens (tertiary/aromatic N) is 2. The van der Waals surface area contributed by atoms with Gasteiger partial charge >= 0.3 is 0 Å². The van der Waals surface area contributed by atoms with Gasteiger partial charge in [0.2, 0.25) is 0 Å². The van der Waals surface area contributed by atoms with E-state index in [-0.39, 0.29) is 5.82 Å². The van der Waals surface area contributed by atoms with Crippen LogP contribution >= 0.6 is 11.8 Å². The van der Waals surface area contributed by atoms with Gasteiger partial charge in [-0.1, -0.05) is 24.8 Å². The lowest BCUT2D eigenvalue weighted by Gasteiger charge is -2.10. The van der Waals surface area contributed by atoms with Gasteiger partial charge in [-0.15, -0.1) is 0 Å². The second-order valence-corrected chi connectivity index (χ2v) is 5.11. The van der Waals surface area contributed by atoms with Crippen LogP contribution in [-0.4, -0.2) is 16.5 Å². The molecule has 1 heterocycles. The highest BCUT2D eigenvalue weighted by Gasteiger charge is 2.09. The molecular formula is C14H16FN3S. The van der Waals surface area contributed by atoms with Gasteiger partial charge in [0, 0.05) is 23.2 Å². The Morgan fingerprint density at radius 1 is 1.32 bits per heavy atom. The zero-order chi connectivity index (χ0) is 13.5. The topological polar surface area (TPSA) is 37.8 Å². The molecule has 0 saturated carbocycles. The second-order valence-electron chi connectivity index (χ2n) is 4.04. The Hall–Kier alpha value is -1.46. The van der Waals surface area contributed by atoms with Crippen molar-refractivity contribution >= 4 is 11.8 Å². The van der Waals surface area contributed by atoms with Gasteiger partial charge in [0.05, 0.1) is 0 Å². The summed E-state index contributed by atoms with van der Waals surface area (Å²) in [6.45, 7) is 3.50. The lowest BCUT2D eigenvalue weighted by atomic mass is 10.2. The molecule has 0 spiro atoms. The molecule has 3 nitrogen and oxygen atoms in total. The third-order valence-corrected chi connectivity index (χ3v) is 3.63. The van der Waals surface area contributed by atoms with Crippen molar-refractivity contribution in [1.29, 1.82) is 0 Å². The van der Waals surface area contributed by atoms with Gasteiger partial charge in [0.15, 0.2) is 0 Å². The fourth-order valence-electron chi connectivity index (χ4n) is 1.65. The van der Waals surface area contributed by atoms with E-state index < -0.39 is 0 Å². The number of nitrogens with one attached hydrogen (secondary N) is 1. The summed E-state index contributed by atoms with van der Waals surface area (Å²) in [6.07, 6.45) is 4.21. The SMILES string of the molecule is CCCNCc1c(F)cccc1Sc1ccncn1. The zero-order valence-electron chi connectivity index (χ0n) is 10.8. The highest BCUT2D eigenvalue weighted by molar-refractivity contribution is 7.99. The molecule has 0 fully saturated rings. The van der Waals surface area contributed by atoms with E-state index in [0.29, 0.717) is 12.1 Å². The van der Waals surface area contributed by atoms with Gasteiger partial charge in [-0.2, -0.15) is 0 Å². The predicted octanol–water partition coefficient (Wildman–Crippen LogP) is 3.27. The van der Waals surface area contributed by atoms with Crippen molar-refractivity contribution in [3.8, 4) is 0 Å². The van der Waals surface area contributed by atoms with E-state index in [2.05, 4.69) is 22.2 Å². The fraction of sp³-hybridized carbons (Fsp3) is 0.286. The van der Waals surface area contributed by atoms with Gasteiger partial charge in [-0.25, -0.2) is 14.4 Å². The third-order valence-electron chi connectivity index (χ3n) is 2.57. The highest BCUT2D eigenvalue weighted by Crippen LogP contribution is 2.30. The lowest BCUT2D eigenvalue weighted by molar-refractivity contribution is 0.578. The molecule has 2 aromatic rings. The smallest absolute Gasteiger partial charge is 0.128 e. The first kappa shape index (κ1) is 14.0. The van der Waals surface area contributed by atoms with Crippen molar-refractivity contribution in [2.24, 2.45) is 0 Å². The number of hydrogen-bond acceptors (Lipinski definition) is 4. The minimum Gasteiger partial charge on any atom is -0.313 e. The number of halogens is 1. The van der Waals surface area contributed by atoms with Crippen molar-refractivity contribution in [1.82, 2.24) is 15.3 Å². The summed E-state index contributed by atoms with van der Waals surface area (Å²) < 4.78 is 13.9. The molecule has 0 aliphatic carbocycles. The average molecular weight is 277 g/mol. The van der Waals surface area contributed by atoms with Crippen LogP contribution in [0.15, 0.2) is 46.7 Å². The standard InChI is InChI=1S/C14H16FN3S/c1-2-7-16-9-11-12(15)4-3-5-13(11)19-14-6-8-17-10-18-14/h3-6,8,10,16H,2,7,9H2,1H3. The van der Waals surface area contributed by atoms with Crippen LogP contribution in [0, 0.1) is 5.82 Å². The van der Waals surface area contributed by atoms with Crippen molar-refractivity contribution in [2.45, 2.75) is 29.8 Å². The Kier molecular flexibility index (Phi) is 5.30. The van der Waals surface area contributed by atoms with E-state index in [1.807, 2.05) is 12.1 Å². The number of aromatic nitrogens is 2. The molecule has 19 heavy (non-hydrogen) atoms. The molecule has 0 atom stereocenters. The van der Waals surface area contributed by atoms with E-state index in [9.17, 15) is 4.39 Å². The first-order chi connectivity index (χ1) is 9.31. The van der Waals surface area contributed by atoms with Gasteiger partial charge in [0.1, 0.15) is 17.2 Å². The molecule has 0 aliphatic rings. The Morgan fingerprint density at radius 2 is 2.21 bits per heavy atom. The number of benzene rings is 1. The third kappa shape index (κ3) is 4.01. The first-order valence-corrected chi connectivity index (χ1v) is 7.05. The fourth-order valence-corrected chi connectivity index (χ4v) is 2.54. The van der Waals surface area contributed by atoms with Crippen LogP contribution in [0.25, 0.3) is 0 Å². The molecule has 100 valence electrons. The van der Waals surface area contributed by atoms with Gasteiger partial charge < -0.3 is 5.32 Å². The maximum Gasteiger partial charge on any atom is 0.128 e. The van der Waals surface area contributed by atoms with Gasteiger partial charge in [-0.3, -0.25) is 0 Å². The van der Waals surface area contributed by atoms with Gasteiger partial charge in [-0.05, 0) is 31.2 Å². The van der Waals surface area contributed by atoms with Crippen LogP contribution in [0.3, 0.4) is 0 Å². The summed E-state index contributed by atoms with van der Waals surface area (Å²) in [6, 6.07) is 6.95. The summed E-state index contributed by atoms with van der Waals surface area (Å²) >= 11 is 1.46. The maximum atomic E-state index is 13.9. The molecule has 1 aromatic carbocycles. The average Bonchev–Trinajstić information content (AvgIpc) is 2.43. The molecule has 2 rings (SSSR count). The van der Waals surface area contributed by atoms with Gasteiger partial charge in [0.25, 0.3) is 0 Å². The summed E-state index contributed by atoms with van der Waals surface area (Å²) in [5.41, 5.74) is 0.694. The van der Waals surface area contributed by atoms with Crippen LogP contribution in [0.4, 0.5) is 4.39 Å². The number of rotatable bonds is 6. The Labute approximate surface area is 116 Å². The normalized spacial score (nSPS) is 10.6. The molecule has 1 aromatic heterocycles. The summed E-state index contributed by atoms with van der Waals surface area (Å²) in [7, 11) is 0. The Bertz CT molecular complexity index is 519. The largest absolute Gasteiger partial charge is 0.313 e. The molecule has 5 heteroatoms. The lowest BCUT2D eigenvalue weighted by Crippen LogP contribution is -2.15. The van der Waals surface area contributed by atoms with Crippen LogP contribution in [0.5, 0.6) is 0 Å². The molecule has 0 saturated heterocycles. The first-order valence-electron chi connectivity index (χ1n) is 6.23. The predicted molar refractivity (Wildman–Crippen MR) is 74.6 cm³/mol. The molecular weight excluding hydrogens is 261 g/mol. The van der Waals surface area contributed by atoms with Crippen LogP contribution in [0.1, 0.15) is 18.9 Å². The molecule has 0 aliphatic heterocycles. The number of hydrogen-bond donors (Lipinski definition) is 1. The minimum atomic E-state index is -0.178. The monoisotopic (exact) mass is 277 g/mol. The molecule has 0 bridgehead atoms. The van der Waals surface area contributed by atoms with Crippen molar-refractivity contribution < 1.29 is 4.39 Å². The van der Waals surface area contributed by atoms with Crippen molar-refractivity contribution in [2.75, 3.05) is 6.54 Å². The zero-order valence-corrected chi connectivity index (χ0v) is 11.6. The highest BCUT2D eigenvalue weighted by atomic mass is 32.2. The van der Waals surface area contributed by atoms with Crippen LogP contribution < -0.4 is 5.32 Å². The molecule has 0 radical (unpaired) electrons. The quantitative estimate of drug-likeness (QED) is 0.649. The minimum absolute atomic E-state index is 0.178. The second kappa shape index (κ2) is 7.21. The summed E-state index contributed by atoms with van der Waals surface area (Å²) in [5.74, 6) is -0.178. The van der Waals surface area contributed by atoms with Crippen molar-refractivity contribution in [3.05, 3.63) is 48.2 Å². The summed E-state index contributed by atoms with van der Waals surface area (Å²) in [4.78, 5) is 8.92. The van der Waals surface area contributed by atoms with Crippen LogP contribution in [0.2, 0.25) is 0 Å². The van der Waals surface area contributed by atoms with E-state index in [1.165, 1.54) is 24.2 Å². The molecule has 0 amide bonds. The van der Waals surface area contributed by atoms with Crippen molar-refractivity contribution in [3.63, 3.8) is 0 Å². The van der Waals surface area contributed by atoms with E-state index in [4.69, 9.17) is 0 Å².